The van der Waals surface area contributed by atoms with Crippen molar-refractivity contribution in [2.75, 3.05) is 20.3 Å². The molecule has 2 atom stereocenters. The standard InChI is InChI=1S/C24H46N5O5/c1-3-4-5-6-7-8-9-10-11-12-18-34-22(31)16-15-21(23(32)33-2)29-28-20(19-30)14-13-17-27-24(25)26/h19-21,28H,3-18H2,1-2H3,(H4,25,26,27)/q-1/t20-,21?/m1/s1. The first-order chi connectivity index (χ1) is 16.4. The van der Waals surface area contributed by atoms with Crippen LogP contribution in [0.25, 0.3) is 5.43 Å². The predicted octanol–water partition coefficient (Wildman–Crippen LogP) is 3.27. The van der Waals surface area contributed by atoms with Crippen LogP contribution in [0.4, 0.5) is 0 Å². The minimum absolute atomic E-state index is 0.00823. The number of nitrogens with two attached hydrogens (primary N) is 2. The minimum Gasteiger partial charge on any atom is -0.585 e. The zero-order valence-electron chi connectivity index (χ0n) is 21.1. The minimum atomic E-state index is -0.907. The molecule has 34 heavy (non-hydrogen) atoms. The van der Waals surface area contributed by atoms with Crippen LogP contribution >= 0.6 is 0 Å². The molecular formula is C24H46N5O5-. The van der Waals surface area contributed by atoms with Crippen molar-refractivity contribution < 1.29 is 23.9 Å². The lowest BCUT2D eigenvalue weighted by atomic mass is 10.1. The topological polar surface area (TPSA) is 160 Å². The predicted molar refractivity (Wildman–Crippen MR) is 134 cm³/mol. The largest absolute Gasteiger partial charge is 0.585 e. The fourth-order valence-corrected chi connectivity index (χ4v) is 3.34. The van der Waals surface area contributed by atoms with Gasteiger partial charge in [-0.05, 0) is 31.7 Å². The number of carbonyl (C=O) groups is 3. The summed E-state index contributed by atoms with van der Waals surface area (Å²) in [4.78, 5) is 39.1. The molecule has 10 nitrogen and oxygen atoms in total. The Hall–Kier alpha value is -2.20. The molecule has 0 radical (unpaired) electrons. The molecule has 0 fully saturated rings. The zero-order valence-corrected chi connectivity index (χ0v) is 21.1. The number of nitrogens with one attached hydrogen (secondary N) is 1. The van der Waals surface area contributed by atoms with Gasteiger partial charge < -0.3 is 36.6 Å². The summed E-state index contributed by atoms with van der Waals surface area (Å²) in [6, 6.07) is -1.50. The van der Waals surface area contributed by atoms with Gasteiger partial charge in [-0.3, -0.25) is 14.6 Å². The lowest BCUT2D eigenvalue weighted by Gasteiger charge is -2.33. The number of rotatable bonds is 23. The zero-order chi connectivity index (χ0) is 25.4. The number of nitrogens with zero attached hydrogens (tertiary/aromatic N) is 2. The Balaban J connectivity index is 4.02. The molecule has 0 aliphatic heterocycles. The van der Waals surface area contributed by atoms with Gasteiger partial charge in [-0.25, -0.2) is 0 Å². The van der Waals surface area contributed by atoms with Gasteiger partial charge in [0.1, 0.15) is 6.29 Å². The van der Waals surface area contributed by atoms with E-state index in [-0.39, 0.29) is 24.8 Å². The Bertz CT molecular complexity index is 570. The van der Waals surface area contributed by atoms with Crippen LogP contribution in [0, 0.1) is 0 Å². The second-order valence-electron chi connectivity index (χ2n) is 8.43. The molecule has 0 spiro atoms. The third-order valence-corrected chi connectivity index (χ3v) is 5.38. The van der Waals surface area contributed by atoms with Crippen LogP contribution in [0.15, 0.2) is 4.99 Å². The smallest absolute Gasteiger partial charge is 0.305 e. The molecule has 0 saturated carbocycles. The number of esters is 2. The molecule has 5 N–H and O–H groups in total. The summed E-state index contributed by atoms with van der Waals surface area (Å²) < 4.78 is 10.0. The van der Waals surface area contributed by atoms with Crippen LogP contribution in [-0.2, 0) is 23.9 Å². The Labute approximate surface area is 204 Å². The maximum atomic E-state index is 12.0. The van der Waals surface area contributed by atoms with Crippen molar-refractivity contribution in [3.05, 3.63) is 5.43 Å². The second kappa shape index (κ2) is 22.6. The number of hydrogen-bond donors (Lipinski definition) is 3. The van der Waals surface area contributed by atoms with E-state index in [1.807, 2.05) is 0 Å². The van der Waals surface area contributed by atoms with Crippen LogP contribution in [-0.4, -0.2) is 56.5 Å². The molecule has 0 amide bonds. The number of unbranched alkanes of at least 4 members (excludes halogenated alkanes) is 9. The molecule has 10 heteroatoms. The Morgan fingerprint density at radius 3 is 2.15 bits per heavy atom. The fraction of sp³-hybridized carbons (Fsp3) is 0.833. The lowest BCUT2D eigenvalue weighted by Crippen LogP contribution is -2.34. The van der Waals surface area contributed by atoms with E-state index in [0.717, 1.165) is 19.3 Å². The molecule has 198 valence electrons. The molecule has 0 aliphatic carbocycles. The first-order valence-corrected chi connectivity index (χ1v) is 12.6. The van der Waals surface area contributed by atoms with Crippen LogP contribution < -0.4 is 16.9 Å². The quantitative estimate of drug-likeness (QED) is 0.0497. The van der Waals surface area contributed by atoms with Gasteiger partial charge in [-0.1, -0.05) is 64.7 Å². The summed E-state index contributed by atoms with van der Waals surface area (Å²) in [7, 11) is 1.25. The second-order valence-corrected chi connectivity index (χ2v) is 8.43. The first kappa shape index (κ1) is 31.8. The van der Waals surface area contributed by atoms with E-state index in [2.05, 4.69) is 22.8 Å². The van der Waals surface area contributed by atoms with Crippen LogP contribution in [0.5, 0.6) is 0 Å². The van der Waals surface area contributed by atoms with E-state index in [9.17, 15) is 14.4 Å². The highest BCUT2D eigenvalue weighted by Crippen LogP contribution is 2.12. The van der Waals surface area contributed by atoms with Gasteiger partial charge in [0.05, 0.1) is 13.7 Å². The van der Waals surface area contributed by atoms with Crippen molar-refractivity contribution >= 4 is 24.2 Å². The summed E-state index contributed by atoms with van der Waals surface area (Å²) in [5.41, 5.74) is 17.3. The monoisotopic (exact) mass is 484 g/mol. The summed E-state index contributed by atoms with van der Waals surface area (Å²) in [6.45, 7) is 3.00. The maximum Gasteiger partial charge on any atom is 0.305 e. The number of carbonyl (C=O) groups excluding carboxylic acids is 3. The van der Waals surface area contributed by atoms with Crippen molar-refractivity contribution in [2.24, 2.45) is 16.5 Å². The number of aliphatic imine (C=N–C) groups is 1. The average Bonchev–Trinajstić information content (AvgIpc) is 2.83. The van der Waals surface area contributed by atoms with Crippen molar-refractivity contribution in [3.63, 3.8) is 0 Å². The third-order valence-electron chi connectivity index (χ3n) is 5.38. The van der Waals surface area contributed by atoms with Gasteiger partial charge >= 0.3 is 5.97 Å². The molecule has 0 heterocycles. The molecule has 0 aromatic rings. The molecule has 0 aliphatic rings. The Morgan fingerprint density at radius 1 is 0.971 bits per heavy atom. The summed E-state index contributed by atoms with van der Waals surface area (Å²) >= 11 is 0. The van der Waals surface area contributed by atoms with E-state index in [4.69, 9.17) is 20.9 Å². The number of methoxy groups -OCH3 is 1. The Morgan fingerprint density at radius 2 is 1.59 bits per heavy atom. The summed E-state index contributed by atoms with van der Waals surface area (Å²) in [5.74, 6) is -0.963. The highest BCUT2D eigenvalue weighted by atomic mass is 16.5. The average molecular weight is 485 g/mol. The van der Waals surface area contributed by atoms with E-state index in [0.29, 0.717) is 32.3 Å². The van der Waals surface area contributed by atoms with Crippen LogP contribution in [0.2, 0.25) is 0 Å². The highest BCUT2D eigenvalue weighted by Gasteiger charge is 2.14. The Kier molecular flexibility index (Phi) is 21.1. The van der Waals surface area contributed by atoms with Gasteiger partial charge in [0.2, 0.25) is 0 Å². The number of guanidine groups is 1. The number of ether oxygens (including phenoxy) is 2. The molecule has 0 aromatic carbocycles. The molecule has 0 saturated heterocycles. The lowest BCUT2D eigenvalue weighted by molar-refractivity contribution is -0.145. The highest BCUT2D eigenvalue weighted by molar-refractivity contribution is 5.79. The summed E-state index contributed by atoms with van der Waals surface area (Å²) in [6.07, 6.45) is 14.0. The van der Waals surface area contributed by atoms with Crippen LogP contribution in [0.3, 0.4) is 0 Å². The molecule has 0 bridgehead atoms. The van der Waals surface area contributed by atoms with E-state index < -0.39 is 18.1 Å². The van der Waals surface area contributed by atoms with Gasteiger partial charge in [-0.15, -0.1) is 0 Å². The van der Waals surface area contributed by atoms with Gasteiger partial charge in [0.15, 0.2) is 5.96 Å². The van der Waals surface area contributed by atoms with Gasteiger partial charge in [0.25, 0.3) is 5.97 Å². The molecule has 1 unspecified atom stereocenters. The van der Waals surface area contributed by atoms with Gasteiger partial charge in [0, 0.05) is 19.0 Å². The molecular weight excluding hydrogens is 438 g/mol. The van der Waals surface area contributed by atoms with E-state index in [1.165, 1.54) is 52.1 Å². The fourth-order valence-electron chi connectivity index (χ4n) is 3.34. The van der Waals surface area contributed by atoms with Crippen molar-refractivity contribution in [1.82, 2.24) is 5.43 Å². The SMILES string of the molecule is CCCCCCCCCCCCOC(=O)CCC([N-]N[C@@H](C=O)CCCN=C(N)N)C(=O)OC. The number of hydrogen-bond acceptors (Lipinski definition) is 7. The maximum absolute atomic E-state index is 12.0. The molecule has 0 rings (SSSR count). The summed E-state index contributed by atoms with van der Waals surface area (Å²) in [5, 5.41) is 0. The normalized spacial score (nSPS) is 12.5. The van der Waals surface area contributed by atoms with Crippen molar-refractivity contribution in [2.45, 2.75) is 109 Å². The van der Waals surface area contributed by atoms with Crippen LogP contribution in [0.1, 0.15) is 96.8 Å². The van der Waals surface area contributed by atoms with Gasteiger partial charge in [-0.2, -0.15) is 0 Å². The third kappa shape index (κ3) is 19.3. The number of aldehydes is 1. The first-order valence-electron chi connectivity index (χ1n) is 12.6. The van der Waals surface area contributed by atoms with Crippen molar-refractivity contribution in [3.8, 4) is 0 Å². The van der Waals surface area contributed by atoms with E-state index >= 15 is 0 Å². The van der Waals surface area contributed by atoms with Crippen molar-refractivity contribution in [1.29, 1.82) is 0 Å². The van der Waals surface area contributed by atoms with E-state index in [1.54, 1.807) is 0 Å². The molecule has 0 aromatic heterocycles.